The fourth-order valence-electron chi connectivity index (χ4n) is 3.54. The molecule has 2 aromatic carbocycles. The summed E-state index contributed by atoms with van der Waals surface area (Å²) < 4.78 is 78.8. The molecule has 1 aliphatic heterocycles. The topological polar surface area (TPSA) is 23.6 Å². The highest BCUT2D eigenvalue weighted by Crippen LogP contribution is 2.39. The normalized spacial score (nSPS) is 17.3. The number of alkyl halides is 6. The molecule has 156 valence electrons. The average molecular weight is 416 g/mol. The quantitative estimate of drug-likeness (QED) is 0.595. The van der Waals surface area contributed by atoms with Gasteiger partial charge < -0.3 is 9.80 Å². The molecule has 1 heterocycles. The maximum absolute atomic E-state index is 13.1. The van der Waals surface area contributed by atoms with Gasteiger partial charge in [-0.25, -0.2) is 0 Å². The molecule has 0 spiro atoms. The molecule has 2 aromatic rings. The second-order valence-electron chi connectivity index (χ2n) is 6.83. The molecule has 0 saturated heterocycles. The van der Waals surface area contributed by atoms with Crippen molar-refractivity contribution in [2.45, 2.75) is 32.2 Å². The molecule has 0 N–H and O–H groups in total. The van der Waals surface area contributed by atoms with Gasteiger partial charge in [-0.1, -0.05) is 12.1 Å². The van der Waals surface area contributed by atoms with Crippen molar-refractivity contribution in [2.75, 3.05) is 22.9 Å². The number of hydrogen-bond donors (Lipinski definition) is 0. The molecule has 0 saturated carbocycles. The number of hydrogen-bond acceptors (Lipinski definition) is 2. The van der Waals surface area contributed by atoms with E-state index in [1.807, 2.05) is 18.7 Å². The van der Waals surface area contributed by atoms with Gasteiger partial charge in [-0.2, -0.15) is 26.3 Å². The first-order valence-electron chi connectivity index (χ1n) is 8.90. The molecule has 3 rings (SSSR count). The number of likely N-dealkylation sites (N-methyl/N-ethyl adjacent to an activating group) is 1. The number of carbonyl (C=O) groups excluding carboxylic acids is 1. The second kappa shape index (κ2) is 7.27. The molecule has 1 unspecified atom stereocenters. The van der Waals surface area contributed by atoms with Crippen LogP contribution < -0.4 is 9.80 Å². The van der Waals surface area contributed by atoms with Crippen LogP contribution in [0, 0.1) is 0 Å². The van der Waals surface area contributed by atoms with Crippen LogP contribution >= 0.6 is 0 Å². The van der Waals surface area contributed by atoms with Crippen LogP contribution in [0.4, 0.5) is 37.7 Å². The summed E-state index contributed by atoms with van der Waals surface area (Å²) in [5.74, 6) is -0.906. The predicted molar refractivity (Wildman–Crippen MR) is 97.0 cm³/mol. The summed E-state index contributed by atoms with van der Waals surface area (Å²) in [7, 11) is 0. The number of para-hydroxylation sites is 2. The van der Waals surface area contributed by atoms with Crippen LogP contribution in [0.1, 0.15) is 35.3 Å². The molecule has 0 radical (unpaired) electrons. The zero-order chi connectivity index (χ0) is 21.6. The Labute approximate surface area is 163 Å². The average Bonchev–Trinajstić information content (AvgIpc) is 2.65. The fourth-order valence-corrected chi connectivity index (χ4v) is 3.54. The zero-order valence-corrected chi connectivity index (χ0v) is 15.6. The smallest absolute Gasteiger partial charge is 0.366 e. The highest BCUT2D eigenvalue weighted by Gasteiger charge is 2.39. The lowest BCUT2D eigenvalue weighted by Crippen LogP contribution is -2.49. The third kappa shape index (κ3) is 4.04. The van der Waals surface area contributed by atoms with Gasteiger partial charge in [0.2, 0.25) is 0 Å². The second-order valence-corrected chi connectivity index (χ2v) is 6.83. The fraction of sp³-hybridized carbons (Fsp3) is 0.350. The van der Waals surface area contributed by atoms with Crippen LogP contribution in [0.25, 0.3) is 0 Å². The number of fused-ring (bicyclic) bond motifs is 1. The van der Waals surface area contributed by atoms with E-state index in [-0.39, 0.29) is 18.7 Å². The minimum absolute atomic E-state index is 0.0162. The SMILES string of the molecule is CCN1c2ccccc2N(C(=O)c2cc(C(F)(F)F)cc(C(F)(F)F)c2)CC1C. The molecule has 1 amide bonds. The highest BCUT2D eigenvalue weighted by atomic mass is 19.4. The molecule has 1 atom stereocenters. The van der Waals surface area contributed by atoms with Gasteiger partial charge in [-0.3, -0.25) is 4.79 Å². The third-order valence-corrected chi connectivity index (χ3v) is 4.88. The predicted octanol–water partition coefficient (Wildman–Crippen LogP) is 5.60. The van der Waals surface area contributed by atoms with E-state index in [9.17, 15) is 31.1 Å². The molecule has 9 heteroatoms. The van der Waals surface area contributed by atoms with Gasteiger partial charge >= 0.3 is 12.4 Å². The van der Waals surface area contributed by atoms with E-state index >= 15 is 0 Å². The van der Waals surface area contributed by atoms with Crippen molar-refractivity contribution in [1.82, 2.24) is 0 Å². The van der Waals surface area contributed by atoms with Crippen LogP contribution in [-0.2, 0) is 12.4 Å². The van der Waals surface area contributed by atoms with Crippen molar-refractivity contribution in [3.05, 3.63) is 59.2 Å². The number of nitrogens with zero attached hydrogens (tertiary/aromatic N) is 2. The van der Waals surface area contributed by atoms with E-state index in [0.29, 0.717) is 30.1 Å². The van der Waals surface area contributed by atoms with E-state index in [0.717, 1.165) is 0 Å². The lowest BCUT2D eigenvalue weighted by Gasteiger charge is -2.42. The minimum Gasteiger partial charge on any atom is -0.366 e. The summed E-state index contributed by atoms with van der Waals surface area (Å²) in [4.78, 5) is 16.3. The van der Waals surface area contributed by atoms with Crippen LogP contribution in [-0.4, -0.2) is 25.0 Å². The van der Waals surface area contributed by atoms with E-state index in [1.54, 1.807) is 24.3 Å². The van der Waals surface area contributed by atoms with Gasteiger partial charge in [0.1, 0.15) is 0 Å². The zero-order valence-electron chi connectivity index (χ0n) is 15.6. The number of halogens is 6. The Morgan fingerprint density at radius 2 is 1.48 bits per heavy atom. The standard InChI is InChI=1S/C20H18F6N2O/c1-3-27-12(2)11-28(17-7-5-4-6-16(17)27)18(29)13-8-14(19(21,22)23)10-15(9-13)20(24,25)26/h4-10,12H,3,11H2,1-2H3. The Morgan fingerprint density at radius 1 is 0.966 bits per heavy atom. The van der Waals surface area contributed by atoms with Crippen molar-refractivity contribution in [2.24, 2.45) is 0 Å². The number of rotatable bonds is 2. The van der Waals surface area contributed by atoms with E-state index < -0.39 is 35.0 Å². The molecular formula is C20H18F6N2O. The monoisotopic (exact) mass is 416 g/mol. The van der Waals surface area contributed by atoms with Crippen LogP contribution in [0.5, 0.6) is 0 Å². The van der Waals surface area contributed by atoms with Crippen molar-refractivity contribution < 1.29 is 31.1 Å². The molecule has 1 aliphatic rings. The van der Waals surface area contributed by atoms with Gasteiger partial charge in [-0.15, -0.1) is 0 Å². The maximum Gasteiger partial charge on any atom is 0.416 e. The molecule has 29 heavy (non-hydrogen) atoms. The first-order chi connectivity index (χ1) is 13.4. The Balaban J connectivity index is 2.11. The molecule has 0 fully saturated rings. The van der Waals surface area contributed by atoms with E-state index in [2.05, 4.69) is 0 Å². The van der Waals surface area contributed by atoms with Crippen molar-refractivity contribution in [3.63, 3.8) is 0 Å². The summed E-state index contributed by atoms with van der Waals surface area (Å²) in [5.41, 5.74) is -2.53. The molecule has 0 bridgehead atoms. The van der Waals surface area contributed by atoms with Crippen molar-refractivity contribution in [3.8, 4) is 0 Å². The van der Waals surface area contributed by atoms with Gasteiger partial charge in [-0.05, 0) is 44.2 Å². The van der Waals surface area contributed by atoms with E-state index in [1.165, 1.54) is 4.90 Å². The summed E-state index contributed by atoms with van der Waals surface area (Å²) in [5, 5.41) is 0. The Morgan fingerprint density at radius 3 is 1.97 bits per heavy atom. The molecule has 3 nitrogen and oxygen atoms in total. The summed E-state index contributed by atoms with van der Waals surface area (Å²) >= 11 is 0. The first-order valence-corrected chi connectivity index (χ1v) is 8.90. The molecule has 0 aliphatic carbocycles. The van der Waals surface area contributed by atoms with Gasteiger partial charge in [0.25, 0.3) is 5.91 Å². The number of amides is 1. The lowest BCUT2D eigenvalue weighted by molar-refractivity contribution is -0.143. The molecule has 0 aromatic heterocycles. The maximum atomic E-state index is 13.1. The van der Waals surface area contributed by atoms with Crippen LogP contribution in [0.3, 0.4) is 0 Å². The van der Waals surface area contributed by atoms with Gasteiger partial charge in [0, 0.05) is 24.7 Å². The van der Waals surface area contributed by atoms with Crippen molar-refractivity contribution in [1.29, 1.82) is 0 Å². The number of benzene rings is 2. The van der Waals surface area contributed by atoms with Crippen LogP contribution in [0.2, 0.25) is 0 Å². The number of anilines is 2. The lowest BCUT2D eigenvalue weighted by atomic mass is 10.0. The Hall–Kier alpha value is -2.71. The third-order valence-electron chi connectivity index (χ3n) is 4.88. The molecular weight excluding hydrogens is 398 g/mol. The largest absolute Gasteiger partial charge is 0.416 e. The summed E-state index contributed by atoms with van der Waals surface area (Å²) in [6.45, 7) is 4.55. The van der Waals surface area contributed by atoms with Crippen molar-refractivity contribution >= 4 is 17.3 Å². The van der Waals surface area contributed by atoms with Crippen LogP contribution in [0.15, 0.2) is 42.5 Å². The van der Waals surface area contributed by atoms with Gasteiger partial charge in [0.05, 0.1) is 22.5 Å². The minimum atomic E-state index is -5.01. The Kier molecular flexibility index (Phi) is 5.27. The summed E-state index contributed by atoms with van der Waals surface area (Å²) in [6.07, 6.45) is -10.0. The summed E-state index contributed by atoms with van der Waals surface area (Å²) in [6, 6.07) is 7.61. The van der Waals surface area contributed by atoms with Gasteiger partial charge in [0.15, 0.2) is 0 Å². The number of carbonyl (C=O) groups is 1. The van der Waals surface area contributed by atoms with E-state index in [4.69, 9.17) is 0 Å². The first kappa shape index (κ1) is 21.0. The highest BCUT2D eigenvalue weighted by molar-refractivity contribution is 6.08. The Bertz CT molecular complexity index is 890.